The zero-order valence-corrected chi connectivity index (χ0v) is 10.9. The van der Waals surface area contributed by atoms with Crippen LogP contribution in [0.1, 0.15) is 49.1 Å². The van der Waals surface area contributed by atoms with Crippen molar-refractivity contribution in [3.05, 3.63) is 16.4 Å². The van der Waals surface area contributed by atoms with E-state index < -0.39 is 0 Å². The minimum Gasteiger partial charge on any atom is -0.461 e. The van der Waals surface area contributed by atoms with Crippen LogP contribution in [0.2, 0.25) is 0 Å². The largest absolute Gasteiger partial charge is 0.461 e. The summed E-state index contributed by atoms with van der Waals surface area (Å²) in [6.07, 6.45) is 4.77. The molecule has 1 fully saturated rings. The van der Waals surface area contributed by atoms with Gasteiger partial charge in [-0.2, -0.15) is 5.10 Å². The summed E-state index contributed by atoms with van der Waals surface area (Å²) in [4.78, 5) is 11.5. The molecule has 16 heavy (non-hydrogen) atoms. The van der Waals surface area contributed by atoms with Crippen molar-refractivity contribution in [3.63, 3.8) is 0 Å². The average molecular weight is 287 g/mol. The van der Waals surface area contributed by atoms with Gasteiger partial charge < -0.3 is 4.74 Å². The van der Waals surface area contributed by atoms with Gasteiger partial charge in [-0.3, -0.25) is 4.68 Å². The third-order valence-electron chi connectivity index (χ3n) is 2.85. The quantitative estimate of drug-likeness (QED) is 0.803. The molecular formula is C11H15BrN2O2. The third kappa shape index (κ3) is 2.29. The highest BCUT2D eigenvalue weighted by molar-refractivity contribution is 9.10. The maximum atomic E-state index is 11.5. The third-order valence-corrected chi connectivity index (χ3v) is 3.44. The number of aromatic nitrogens is 2. The molecule has 0 aromatic carbocycles. The lowest BCUT2D eigenvalue weighted by Gasteiger charge is -2.10. The van der Waals surface area contributed by atoms with Crippen molar-refractivity contribution >= 4 is 21.9 Å². The molecule has 0 atom stereocenters. The number of hydrogen-bond acceptors (Lipinski definition) is 3. The SMILES string of the molecule is CCOC(=O)c1cc(Br)n(C2CCCC2)n1. The van der Waals surface area contributed by atoms with E-state index in [-0.39, 0.29) is 5.97 Å². The van der Waals surface area contributed by atoms with E-state index in [0.29, 0.717) is 18.3 Å². The first kappa shape index (κ1) is 11.6. The molecule has 4 nitrogen and oxygen atoms in total. The first-order valence-corrected chi connectivity index (χ1v) is 6.44. The van der Waals surface area contributed by atoms with E-state index in [1.54, 1.807) is 13.0 Å². The predicted molar refractivity (Wildman–Crippen MR) is 63.4 cm³/mol. The molecule has 2 rings (SSSR count). The molecule has 1 aromatic rings. The lowest BCUT2D eigenvalue weighted by atomic mass is 10.3. The second kappa shape index (κ2) is 4.99. The molecule has 0 spiro atoms. The van der Waals surface area contributed by atoms with Crippen LogP contribution in [0.15, 0.2) is 10.7 Å². The molecule has 0 unspecified atom stereocenters. The predicted octanol–water partition coefficient (Wildman–Crippen LogP) is 2.94. The Kier molecular flexibility index (Phi) is 3.63. The maximum absolute atomic E-state index is 11.5. The molecule has 0 saturated heterocycles. The van der Waals surface area contributed by atoms with Crippen molar-refractivity contribution < 1.29 is 9.53 Å². The highest BCUT2D eigenvalue weighted by atomic mass is 79.9. The Hall–Kier alpha value is -0.840. The van der Waals surface area contributed by atoms with Crippen LogP contribution in [0, 0.1) is 0 Å². The number of esters is 1. The van der Waals surface area contributed by atoms with Crippen LogP contribution < -0.4 is 0 Å². The second-order valence-electron chi connectivity index (χ2n) is 3.96. The van der Waals surface area contributed by atoms with Crippen LogP contribution >= 0.6 is 15.9 Å². The minimum atomic E-state index is -0.347. The monoisotopic (exact) mass is 286 g/mol. The fraction of sp³-hybridized carbons (Fsp3) is 0.636. The van der Waals surface area contributed by atoms with Crippen molar-refractivity contribution in [1.29, 1.82) is 0 Å². The number of nitrogens with zero attached hydrogens (tertiary/aromatic N) is 2. The summed E-state index contributed by atoms with van der Waals surface area (Å²) < 4.78 is 7.69. The first-order chi connectivity index (χ1) is 7.72. The van der Waals surface area contributed by atoms with Crippen molar-refractivity contribution in [2.45, 2.75) is 38.6 Å². The van der Waals surface area contributed by atoms with Crippen molar-refractivity contribution in [2.24, 2.45) is 0 Å². The normalized spacial score (nSPS) is 16.6. The van der Waals surface area contributed by atoms with Gasteiger partial charge in [-0.1, -0.05) is 12.8 Å². The molecule has 0 N–H and O–H groups in total. The van der Waals surface area contributed by atoms with E-state index in [1.807, 2.05) is 4.68 Å². The zero-order chi connectivity index (χ0) is 11.5. The summed E-state index contributed by atoms with van der Waals surface area (Å²) in [7, 11) is 0. The molecule has 1 aliphatic rings. The van der Waals surface area contributed by atoms with Crippen LogP contribution in [0.5, 0.6) is 0 Å². The van der Waals surface area contributed by atoms with Gasteiger partial charge in [-0.05, 0) is 35.7 Å². The van der Waals surface area contributed by atoms with Gasteiger partial charge in [-0.25, -0.2) is 4.79 Å². The summed E-state index contributed by atoms with van der Waals surface area (Å²) in [6, 6.07) is 2.16. The van der Waals surface area contributed by atoms with Gasteiger partial charge in [0.1, 0.15) is 4.60 Å². The lowest BCUT2D eigenvalue weighted by molar-refractivity contribution is 0.0518. The maximum Gasteiger partial charge on any atom is 0.358 e. The van der Waals surface area contributed by atoms with E-state index in [4.69, 9.17) is 4.74 Å². The number of rotatable bonds is 3. The molecule has 5 heteroatoms. The second-order valence-corrected chi connectivity index (χ2v) is 4.77. The topological polar surface area (TPSA) is 44.1 Å². The highest BCUT2D eigenvalue weighted by Crippen LogP contribution is 2.31. The Morgan fingerprint density at radius 2 is 2.31 bits per heavy atom. The van der Waals surface area contributed by atoms with Gasteiger partial charge in [-0.15, -0.1) is 0 Å². The summed E-state index contributed by atoms with van der Waals surface area (Å²) in [5.41, 5.74) is 0.389. The van der Waals surface area contributed by atoms with E-state index in [1.165, 1.54) is 12.8 Å². The number of ether oxygens (including phenoxy) is 1. The summed E-state index contributed by atoms with van der Waals surface area (Å²) in [5.74, 6) is -0.347. The molecule has 0 radical (unpaired) electrons. The van der Waals surface area contributed by atoms with Crippen LogP contribution in [-0.2, 0) is 4.74 Å². The first-order valence-electron chi connectivity index (χ1n) is 5.64. The smallest absolute Gasteiger partial charge is 0.358 e. The average Bonchev–Trinajstić information content (AvgIpc) is 2.86. The number of hydrogen-bond donors (Lipinski definition) is 0. The standard InChI is InChI=1S/C11H15BrN2O2/c1-2-16-11(15)9-7-10(12)14(13-9)8-5-3-4-6-8/h7-8H,2-6H2,1H3. The van der Waals surface area contributed by atoms with Crippen LogP contribution in [0.4, 0.5) is 0 Å². The molecule has 88 valence electrons. The molecule has 1 aromatic heterocycles. The molecule has 0 aliphatic heterocycles. The van der Waals surface area contributed by atoms with Crippen LogP contribution in [0.3, 0.4) is 0 Å². The van der Waals surface area contributed by atoms with Crippen molar-refractivity contribution in [2.75, 3.05) is 6.61 Å². The number of carbonyl (C=O) groups is 1. The molecule has 1 aliphatic carbocycles. The lowest BCUT2D eigenvalue weighted by Crippen LogP contribution is -2.10. The zero-order valence-electron chi connectivity index (χ0n) is 9.28. The Morgan fingerprint density at radius 1 is 1.62 bits per heavy atom. The minimum absolute atomic E-state index is 0.347. The number of carbonyl (C=O) groups excluding carboxylic acids is 1. The van der Waals surface area contributed by atoms with Gasteiger partial charge in [0.05, 0.1) is 12.6 Å². The molecule has 0 amide bonds. The van der Waals surface area contributed by atoms with E-state index in [0.717, 1.165) is 17.4 Å². The van der Waals surface area contributed by atoms with Gasteiger partial charge in [0, 0.05) is 6.07 Å². The fourth-order valence-electron chi connectivity index (χ4n) is 2.08. The molecule has 0 bridgehead atoms. The number of halogens is 1. The molecule has 1 saturated carbocycles. The Balaban J connectivity index is 2.17. The van der Waals surface area contributed by atoms with Crippen molar-refractivity contribution in [1.82, 2.24) is 9.78 Å². The Bertz CT molecular complexity index is 383. The molecule has 1 heterocycles. The highest BCUT2D eigenvalue weighted by Gasteiger charge is 2.22. The van der Waals surface area contributed by atoms with Crippen LogP contribution in [-0.4, -0.2) is 22.4 Å². The molecular weight excluding hydrogens is 272 g/mol. The summed E-state index contributed by atoms with van der Waals surface area (Å²) in [6.45, 7) is 2.17. The van der Waals surface area contributed by atoms with Crippen molar-refractivity contribution in [3.8, 4) is 0 Å². The Morgan fingerprint density at radius 3 is 2.94 bits per heavy atom. The van der Waals surface area contributed by atoms with Crippen LogP contribution in [0.25, 0.3) is 0 Å². The van der Waals surface area contributed by atoms with E-state index in [2.05, 4.69) is 21.0 Å². The fourth-order valence-corrected chi connectivity index (χ4v) is 2.67. The van der Waals surface area contributed by atoms with Gasteiger partial charge in [0.15, 0.2) is 5.69 Å². The van der Waals surface area contributed by atoms with Gasteiger partial charge in [0.25, 0.3) is 0 Å². The van der Waals surface area contributed by atoms with Gasteiger partial charge in [0.2, 0.25) is 0 Å². The summed E-state index contributed by atoms with van der Waals surface area (Å²) in [5, 5.41) is 4.31. The van der Waals surface area contributed by atoms with E-state index >= 15 is 0 Å². The van der Waals surface area contributed by atoms with E-state index in [9.17, 15) is 4.79 Å². The Labute approximate surface area is 103 Å². The van der Waals surface area contributed by atoms with Gasteiger partial charge >= 0.3 is 5.97 Å². The summed E-state index contributed by atoms with van der Waals surface area (Å²) >= 11 is 3.44.